The average Bonchev–Trinajstić information content (AvgIpc) is 3.20. The third-order valence-electron chi connectivity index (χ3n) is 4.16. The Morgan fingerprint density at radius 3 is 2.89 bits per heavy atom. The zero-order chi connectivity index (χ0) is 19.1. The van der Waals surface area contributed by atoms with E-state index in [2.05, 4.69) is 15.6 Å². The van der Waals surface area contributed by atoms with Gasteiger partial charge in [0, 0.05) is 12.2 Å². The number of benzene rings is 2. The monoisotopic (exact) mass is 371 g/mol. The summed E-state index contributed by atoms with van der Waals surface area (Å²) >= 11 is 0. The van der Waals surface area contributed by atoms with Crippen LogP contribution in [0.15, 0.2) is 53.5 Å². The summed E-state index contributed by atoms with van der Waals surface area (Å²) in [7, 11) is 1.56. The number of amides is 1. The maximum atomic E-state index is 13.4. The molecule has 3 rings (SSSR count). The summed E-state index contributed by atoms with van der Waals surface area (Å²) in [5.41, 5.74) is 0.868. The third-order valence-corrected chi connectivity index (χ3v) is 4.16. The molecule has 1 aliphatic heterocycles. The molecule has 1 aliphatic rings. The van der Waals surface area contributed by atoms with Crippen LogP contribution in [-0.2, 0) is 4.74 Å². The number of guanidine groups is 1. The minimum atomic E-state index is -0.474. The van der Waals surface area contributed by atoms with Gasteiger partial charge in [0.2, 0.25) is 5.96 Å². The lowest BCUT2D eigenvalue weighted by atomic mass is 10.2. The van der Waals surface area contributed by atoms with E-state index in [-0.39, 0.29) is 17.6 Å². The van der Waals surface area contributed by atoms with Crippen LogP contribution in [0.5, 0.6) is 5.75 Å². The van der Waals surface area contributed by atoms with E-state index in [9.17, 15) is 9.18 Å². The zero-order valence-corrected chi connectivity index (χ0v) is 15.1. The standard InChI is InChI=1S/C20H22FN3O3/c1-26-18-10-3-2-9-17(18)23-20(22-13-16-8-5-11-27-16)24-19(25)14-6-4-7-15(21)12-14/h2-4,6-7,9-10,12,16H,5,8,11,13H2,1H3,(H2,22,23,24,25)/t16-/m0/s1. The second-order valence-electron chi connectivity index (χ2n) is 6.11. The fourth-order valence-electron chi connectivity index (χ4n) is 2.78. The summed E-state index contributed by atoms with van der Waals surface area (Å²) in [6, 6.07) is 12.8. The normalized spacial score (nSPS) is 16.8. The van der Waals surface area contributed by atoms with Crippen molar-refractivity contribution >= 4 is 17.6 Å². The van der Waals surface area contributed by atoms with Crippen LogP contribution in [0.4, 0.5) is 10.1 Å². The maximum Gasteiger partial charge on any atom is 0.258 e. The average molecular weight is 371 g/mol. The first-order valence-corrected chi connectivity index (χ1v) is 8.78. The van der Waals surface area contributed by atoms with Crippen molar-refractivity contribution in [3.05, 3.63) is 59.9 Å². The number of anilines is 1. The van der Waals surface area contributed by atoms with Gasteiger partial charge in [-0.05, 0) is 43.2 Å². The molecule has 0 bridgehead atoms. The molecule has 1 saturated heterocycles. The molecule has 142 valence electrons. The second kappa shape index (κ2) is 9.14. The summed E-state index contributed by atoms with van der Waals surface area (Å²) in [4.78, 5) is 17.0. The quantitative estimate of drug-likeness (QED) is 0.625. The van der Waals surface area contributed by atoms with Crippen LogP contribution in [0, 0.1) is 5.82 Å². The molecule has 7 heteroatoms. The molecule has 1 heterocycles. The molecule has 1 fully saturated rings. The van der Waals surface area contributed by atoms with E-state index in [0.29, 0.717) is 18.0 Å². The first-order valence-electron chi connectivity index (χ1n) is 8.78. The first-order chi connectivity index (χ1) is 13.2. The second-order valence-corrected chi connectivity index (χ2v) is 6.11. The molecule has 0 saturated carbocycles. The highest BCUT2D eigenvalue weighted by Gasteiger charge is 2.17. The van der Waals surface area contributed by atoms with Gasteiger partial charge in [0.05, 0.1) is 25.4 Å². The molecular formula is C20H22FN3O3. The predicted molar refractivity (Wildman–Crippen MR) is 102 cm³/mol. The van der Waals surface area contributed by atoms with E-state index >= 15 is 0 Å². The molecule has 0 aromatic heterocycles. The van der Waals surface area contributed by atoms with Crippen molar-refractivity contribution in [2.45, 2.75) is 18.9 Å². The SMILES string of the molecule is COc1ccccc1NC(=NC[C@@H]1CCCO1)NC(=O)c1cccc(F)c1. The number of aliphatic imine (C=N–C) groups is 1. The summed E-state index contributed by atoms with van der Waals surface area (Å²) in [5.74, 6) is -0.0623. The number of nitrogens with one attached hydrogen (secondary N) is 2. The summed E-state index contributed by atoms with van der Waals surface area (Å²) in [6.45, 7) is 1.14. The molecule has 1 atom stereocenters. The number of para-hydroxylation sites is 2. The molecule has 0 radical (unpaired) electrons. The number of rotatable bonds is 5. The van der Waals surface area contributed by atoms with Gasteiger partial charge >= 0.3 is 0 Å². The van der Waals surface area contributed by atoms with Crippen LogP contribution >= 0.6 is 0 Å². The Balaban J connectivity index is 1.78. The minimum Gasteiger partial charge on any atom is -0.495 e. The van der Waals surface area contributed by atoms with Gasteiger partial charge in [0.15, 0.2) is 0 Å². The Hall–Kier alpha value is -2.93. The molecule has 2 aromatic carbocycles. The van der Waals surface area contributed by atoms with Gasteiger partial charge in [-0.25, -0.2) is 9.38 Å². The topological polar surface area (TPSA) is 71.9 Å². The van der Waals surface area contributed by atoms with Crippen molar-refractivity contribution in [1.29, 1.82) is 0 Å². The number of hydrogen-bond donors (Lipinski definition) is 2. The van der Waals surface area contributed by atoms with Crippen LogP contribution in [0.3, 0.4) is 0 Å². The Morgan fingerprint density at radius 1 is 1.30 bits per heavy atom. The van der Waals surface area contributed by atoms with Gasteiger partial charge in [0.1, 0.15) is 11.6 Å². The van der Waals surface area contributed by atoms with E-state index < -0.39 is 11.7 Å². The van der Waals surface area contributed by atoms with Crippen LogP contribution in [0.1, 0.15) is 23.2 Å². The number of halogens is 1. The fourth-order valence-corrected chi connectivity index (χ4v) is 2.78. The molecule has 2 N–H and O–H groups in total. The molecule has 0 spiro atoms. The Bertz CT molecular complexity index is 820. The molecular weight excluding hydrogens is 349 g/mol. The van der Waals surface area contributed by atoms with Gasteiger partial charge in [0.25, 0.3) is 5.91 Å². The van der Waals surface area contributed by atoms with Crippen LogP contribution in [0.25, 0.3) is 0 Å². The largest absolute Gasteiger partial charge is 0.495 e. The smallest absolute Gasteiger partial charge is 0.258 e. The van der Waals surface area contributed by atoms with Crippen LogP contribution < -0.4 is 15.4 Å². The number of carbonyl (C=O) groups is 1. The Morgan fingerprint density at radius 2 is 2.15 bits per heavy atom. The van der Waals surface area contributed by atoms with Gasteiger partial charge < -0.3 is 14.8 Å². The number of nitrogens with zero attached hydrogens (tertiary/aromatic N) is 1. The number of ether oxygens (including phenoxy) is 2. The maximum absolute atomic E-state index is 13.4. The minimum absolute atomic E-state index is 0.0329. The molecule has 2 aromatic rings. The lowest BCUT2D eigenvalue weighted by Crippen LogP contribution is -2.37. The van der Waals surface area contributed by atoms with Crippen LogP contribution in [-0.4, -0.2) is 38.2 Å². The number of carbonyl (C=O) groups excluding carboxylic acids is 1. The van der Waals surface area contributed by atoms with Gasteiger partial charge in [-0.3, -0.25) is 10.1 Å². The van der Waals surface area contributed by atoms with Gasteiger partial charge in [-0.15, -0.1) is 0 Å². The molecule has 0 unspecified atom stereocenters. The molecule has 1 amide bonds. The number of hydrogen-bond acceptors (Lipinski definition) is 4. The lowest BCUT2D eigenvalue weighted by molar-refractivity contribution is 0.0975. The van der Waals surface area contributed by atoms with Gasteiger partial charge in [-0.1, -0.05) is 18.2 Å². The fraction of sp³-hybridized carbons (Fsp3) is 0.300. The highest BCUT2D eigenvalue weighted by Crippen LogP contribution is 2.23. The van der Waals surface area contributed by atoms with E-state index in [1.807, 2.05) is 18.2 Å². The van der Waals surface area contributed by atoms with E-state index in [1.54, 1.807) is 19.2 Å². The molecule has 6 nitrogen and oxygen atoms in total. The molecule has 0 aliphatic carbocycles. The Kier molecular flexibility index (Phi) is 6.38. The Labute approximate surface area is 157 Å². The predicted octanol–water partition coefficient (Wildman–Crippen LogP) is 3.21. The summed E-state index contributed by atoms with van der Waals surface area (Å²) in [6.07, 6.45) is 1.97. The number of methoxy groups -OCH3 is 1. The van der Waals surface area contributed by atoms with Gasteiger partial charge in [-0.2, -0.15) is 0 Å². The van der Waals surface area contributed by atoms with Crippen molar-refractivity contribution < 1.29 is 18.7 Å². The highest BCUT2D eigenvalue weighted by molar-refractivity contribution is 6.10. The van der Waals surface area contributed by atoms with E-state index in [0.717, 1.165) is 19.4 Å². The first kappa shape index (κ1) is 18.8. The molecule has 27 heavy (non-hydrogen) atoms. The third kappa shape index (κ3) is 5.27. The van der Waals surface area contributed by atoms with E-state index in [4.69, 9.17) is 9.47 Å². The summed E-state index contributed by atoms with van der Waals surface area (Å²) in [5, 5.41) is 5.79. The van der Waals surface area contributed by atoms with Crippen molar-refractivity contribution in [3.8, 4) is 5.75 Å². The van der Waals surface area contributed by atoms with E-state index in [1.165, 1.54) is 18.2 Å². The van der Waals surface area contributed by atoms with Crippen molar-refractivity contribution in [2.24, 2.45) is 4.99 Å². The highest BCUT2D eigenvalue weighted by atomic mass is 19.1. The zero-order valence-electron chi connectivity index (χ0n) is 15.1. The lowest BCUT2D eigenvalue weighted by Gasteiger charge is -2.15. The van der Waals surface area contributed by atoms with Crippen molar-refractivity contribution in [2.75, 3.05) is 25.6 Å². The van der Waals surface area contributed by atoms with Crippen molar-refractivity contribution in [3.63, 3.8) is 0 Å². The summed E-state index contributed by atoms with van der Waals surface area (Å²) < 4.78 is 24.3. The van der Waals surface area contributed by atoms with Crippen molar-refractivity contribution in [1.82, 2.24) is 5.32 Å². The van der Waals surface area contributed by atoms with Crippen LogP contribution in [0.2, 0.25) is 0 Å².